The average molecular weight is 501 g/mol. The number of amides is 2. The van der Waals surface area contributed by atoms with Gasteiger partial charge < -0.3 is 33.5 Å². The summed E-state index contributed by atoms with van der Waals surface area (Å²) in [6, 6.07) is 0. The molecule has 0 spiro atoms. The fourth-order valence-corrected chi connectivity index (χ4v) is 2.49. The number of hydrogen-bond donors (Lipinski definition) is 0. The number of carbonyl (C=O) groups excluding carboxylic acids is 4. The number of esters is 2. The highest BCUT2D eigenvalue weighted by Gasteiger charge is 2.22. The average Bonchev–Trinajstić information content (AvgIpc) is 2.86. The first-order valence-corrected chi connectivity index (χ1v) is 11.7. The van der Waals surface area contributed by atoms with E-state index in [4.69, 9.17) is 23.7 Å². The first-order valence-electron chi connectivity index (χ1n) is 11.7. The maximum absolute atomic E-state index is 12.3. The molecule has 200 valence electrons. The van der Waals surface area contributed by atoms with Crippen LogP contribution in [0.5, 0.6) is 0 Å². The van der Waals surface area contributed by atoms with Gasteiger partial charge in [0.1, 0.15) is 13.2 Å². The highest BCUT2D eigenvalue weighted by Crippen LogP contribution is 2.05. The van der Waals surface area contributed by atoms with Crippen LogP contribution in [0.3, 0.4) is 0 Å². The van der Waals surface area contributed by atoms with Gasteiger partial charge in [0.2, 0.25) is 0 Å². The molecule has 0 bridgehead atoms. The van der Waals surface area contributed by atoms with Gasteiger partial charge in [-0.15, -0.1) is 0 Å². The Kier molecular flexibility index (Phi) is 17.6. The van der Waals surface area contributed by atoms with Crippen molar-refractivity contribution in [1.29, 1.82) is 0 Å². The van der Waals surface area contributed by atoms with Crippen molar-refractivity contribution in [2.24, 2.45) is 0 Å². The molecular formula is C24H40N2O9. The maximum Gasteiger partial charge on any atom is 0.409 e. The molecule has 0 fully saturated rings. The van der Waals surface area contributed by atoms with Crippen molar-refractivity contribution in [3.05, 3.63) is 25.3 Å². The molecule has 0 aromatic heterocycles. The van der Waals surface area contributed by atoms with E-state index in [1.807, 2.05) is 13.8 Å². The fourth-order valence-electron chi connectivity index (χ4n) is 2.49. The highest BCUT2D eigenvalue weighted by molar-refractivity contribution is 5.81. The molecule has 0 aliphatic heterocycles. The van der Waals surface area contributed by atoms with Crippen molar-refractivity contribution in [2.75, 3.05) is 53.6 Å². The molecule has 2 amide bonds. The summed E-state index contributed by atoms with van der Waals surface area (Å²) >= 11 is 0. The number of ether oxygens (including phenoxy) is 5. The van der Waals surface area contributed by atoms with Gasteiger partial charge in [0.15, 0.2) is 12.2 Å². The van der Waals surface area contributed by atoms with E-state index in [1.165, 1.54) is 9.80 Å². The van der Waals surface area contributed by atoms with Crippen LogP contribution < -0.4 is 0 Å². The Labute approximate surface area is 207 Å². The smallest absolute Gasteiger partial charge is 0.409 e. The molecule has 0 aliphatic carbocycles. The lowest BCUT2D eigenvalue weighted by atomic mass is 10.3. The molecule has 0 N–H and O–H groups in total. The van der Waals surface area contributed by atoms with Crippen molar-refractivity contribution in [1.82, 2.24) is 9.80 Å². The minimum Gasteiger partial charge on any atom is -0.458 e. The Hall–Kier alpha value is -3.08. The van der Waals surface area contributed by atoms with Crippen molar-refractivity contribution in [3.63, 3.8) is 0 Å². The third-order valence-electron chi connectivity index (χ3n) is 4.61. The first-order chi connectivity index (χ1) is 16.7. The highest BCUT2D eigenvalue weighted by atomic mass is 16.6. The lowest BCUT2D eigenvalue weighted by molar-refractivity contribution is -0.151. The molecule has 0 radical (unpaired) electrons. The lowest BCUT2D eigenvalue weighted by Crippen LogP contribution is -2.38. The Bertz CT molecular complexity index is 684. The number of rotatable bonds is 18. The van der Waals surface area contributed by atoms with E-state index >= 15 is 0 Å². The molecule has 11 nitrogen and oxygen atoms in total. The zero-order valence-corrected chi connectivity index (χ0v) is 21.4. The normalized spacial score (nSPS) is 12.0. The van der Waals surface area contributed by atoms with E-state index in [9.17, 15) is 19.2 Å². The Balaban J connectivity index is 4.97. The van der Waals surface area contributed by atoms with Crippen LogP contribution in [0, 0.1) is 0 Å². The van der Waals surface area contributed by atoms with Crippen molar-refractivity contribution >= 4 is 24.1 Å². The van der Waals surface area contributed by atoms with Crippen LogP contribution in [0.2, 0.25) is 0 Å². The second-order valence-electron chi connectivity index (χ2n) is 7.77. The van der Waals surface area contributed by atoms with Gasteiger partial charge in [-0.05, 0) is 12.8 Å². The topological polar surface area (TPSA) is 121 Å². The predicted molar refractivity (Wildman–Crippen MR) is 129 cm³/mol. The minimum absolute atomic E-state index is 0.162. The van der Waals surface area contributed by atoms with Gasteiger partial charge in [-0.1, -0.05) is 39.8 Å². The number of nitrogens with zero attached hydrogens (tertiary/aromatic N) is 2. The van der Waals surface area contributed by atoms with Gasteiger partial charge in [0.25, 0.3) is 0 Å². The zero-order chi connectivity index (χ0) is 26.6. The fraction of sp³-hybridized carbons (Fsp3) is 0.667. The van der Waals surface area contributed by atoms with Gasteiger partial charge in [-0.2, -0.15) is 0 Å². The molecule has 0 saturated carbocycles. The molecule has 2 atom stereocenters. The lowest BCUT2D eigenvalue weighted by Gasteiger charge is -2.24. The van der Waals surface area contributed by atoms with Gasteiger partial charge in [-0.3, -0.25) is 0 Å². The third kappa shape index (κ3) is 15.4. The molecule has 0 aromatic carbocycles. The summed E-state index contributed by atoms with van der Waals surface area (Å²) in [5, 5.41) is 0. The third-order valence-corrected chi connectivity index (χ3v) is 4.61. The number of unbranched alkanes of at least 4 members (excludes halogenated alkanes) is 2. The molecule has 2 unspecified atom stereocenters. The Morgan fingerprint density at radius 3 is 1.71 bits per heavy atom. The first kappa shape index (κ1) is 31.9. The molecule has 0 heterocycles. The van der Waals surface area contributed by atoms with Crippen LogP contribution in [0.15, 0.2) is 25.3 Å². The summed E-state index contributed by atoms with van der Waals surface area (Å²) in [4.78, 5) is 50.4. The Morgan fingerprint density at radius 2 is 1.20 bits per heavy atom. The van der Waals surface area contributed by atoms with Gasteiger partial charge >= 0.3 is 24.1 Å². The molecule has 11 heteroatoms. The van der Waals surface area contributed by atoms with Gasteiger partial charge in [-0.25, -0.2) is 19.2 Å². The van der Waals surface area contributed by atoms with E-state index in [1.54, 1.807) is 14.1 Å². The van der Waals surface area contributed by atoms with Crippen LogP contribution in [0.4, 0.5) is 9.59 Å². The van der Waals surface area contributed by atoms with Crippen LogP contribution in [-0.2, 0) is 33.3 Å². The SMILES string of the molecule is C=CC(=O)OCC(COCC(COC(=O)N(C)CCCC)OC(=O)C=C)OC(=O)N(C)CCCC. The zero-order valence-electron chi connectivity index (χ0n) is 21.4. The van der Waals surface area contributed by atoms with Crippen molar-refractivity contribution in [3.8, 4) is 0 Å². The van der Waals surface area contributed by atoms with Crippen LogP contribution in [0.25, 0.3) is 0 Å². The summed E-state index contributed by atoms with van der Waals surface area (Å²) in [5.41, 5.74) is 0. The van der Waals surface area contributed by atoms with E-state index in [-0.39, 0.29) is 26.4 Å². The summed E-state index contributed by atoms with van der Waals surface area (Å²) in [6.45, 7) is 10.9. The van der Waals surface area contributed by atoms with Crippen LogP contribution in [0.1, 0.15) is 39.5 Å². The van der Waals surface area contributed by atoms with Crippen LogP contribution >= 0.6 is 0 Å². The maximum atomic E-state index is 12.3. The van der Waals surface area contributed by atoms with E-state index < -0.39 is 36.3 Å². The predicted octanol–water partition coefficient (Wildman–Crippen LogP) is 2.94. The Morgan fingerprint density at radius 1 is 0.714 bits per heavy atom. The van der Waals surface area contributed by atoms with Crippen molar-refractivity contribution in [2.45, 2.75) is 51.7 Å². The summed E-state index contributed by atoms with van der Waals surface area (Å²) in [5.74, 6) is -1.39. The number of carbonyl (C=O) groups is 4. The quantitative estimate of drug-likeness (QED) is 0.159. The monoisotopic (exact) mass is 500 g/mol. The van der Waals surface area contributed by atoms with Gasteiger partial charge in [0.05, 0.1) is 13.2 Å². The number of hydrogen-bond acceptors (Lipinski definition) is 9. The largest absolute Gasteiger partial charge is 0.458 e. The van der Waals surface area contributed by atoms with Crippen LogP contribution in [-0.4, -0.2) is 99.7 Å². The summed E-state index contributed by atoms with van der Waals surface area (Å²) < 4.78 is 26.3. The van der Waals surface area contributed by atoms with Gasteiger partial charge in [0, 0.05) is 39.3 Å². The molecule has 35 heavy (non-hydrogen) atoms. The standard InChI is InChI=1S/C24H40N2O9/c1-7-11-13-25(5)23(29)33-18-19(34-22(28)10-4)15-31-16-20(17-32-21(27)9-3)35-24(30)26(6)14-12-8-2/h9-10,19-20H,3-4,7-8,11-18H2,1-2,5-6H3. The van der Waals surface area contributed by atoms with E-state index in [2.05, 4.69) is 13.2 Å². The van der Waals surface area contributed by atoms with E-state index in [0.29, 0.717) is 13.1 Å². The minimum atomic E-state index is -0.927. The second-order valence-corrected chi connectivity index (χ2v) is 7.77. The molecule has 0 rings (SSSR count). The summed E-state index contributed by atoms with van der Waals surface area (Å²) in [7, 11) is 3.21. The molecule has 0 aliphatic rings. The van der Waals surface area contributed by atoms with Crippen molar-refractivity contribution < 1.29 is 42.9 Å². The summed E-state index contributed by atoms with van der Waals surface area (Å²) in [6.07, 6.45) is 2.43. The molecule has 0 saturated heterocycles. The molecule has 0 aromatic rings. The molecular weight excluding hydrogens is 460 g/mol. The van der Waals surface area contributed by atoms with E-state index in [0.717, 1.165) is 37.8 Å². The second kappa shape index (κ2) is 19.2.